The average molecular weight is 628 g/mol. The average Bonchev–Trinajstić information content (AvgIpc) is 3.38. The Balaban J connectivity index is 1.39. The van der Waals surface area contributed by atoms with Crippen molar-refractivity contribution >= 4 is 32.9 Å². The molecule has 2 aromatic carbocycles. The van der Waals surface area contributed by atoms with Gasteiger partial charge in [0.2, 0.25) is 0 Å². The summed E-state index contributed by atoms with van der Waals surface area (Å²) in [7, 11) is -4.38. The molecule has 0 aliphatic heterocycles. The number of halogens is 1. The molecule has 0 bridgehead atoms. The van der Waals surface area contributed by atoms with Gasteiger partial charge in [-0.3, -0.25) is 19.1 Å². The van der Waals surface area contributed by atoms with E-state index in [9.17, 15) is 22.7 Å². The number of aromatic hydroxyl groups is 1. The van der Waals surface area contributed by atoms with Gasteiger partial charge >= 0.3 is 0 Å². The summed E-state index contributed by atoms with van der Waals surface area (Å²) >= 11 is 0. The summed E-state index contributed by atoms with van der Waals surface area (Å²) in [5, 5.41) is 17.5. The van der Waals surface area contributed by atoms with Gasteiger partial charge in [0.25, 0.3) is 15.6 Å². The minimum absolute atomic E-state index is 0.00948. The number of hydrogen-bond donors (Lipinski definition) is 4. The van der Waals surface area contributed by atoms with Crippen LogP contribution in [0.2, 0.25) is 0 Å². The molecule has 0 aliphatic carbocycles. The third kappa shape index (κ3) is 5.51. The molecule has 1 unspecified atom stereocenters. The summed E-state index contributed by atoms with van der Waals surface area (Å²) in [4.78, 5) is 25.7. The molecule has 0 spiro atoms. The molecule has 45 heavy (non-hydrogen) atoms. The van der Waals surface area contributed by atoms with Gasteiger partial charge < -0.3 is 16.2 Å². The zero-order valence-electron chi connectivity index (χ0n) is 23.9. The lowest BCUT2D eigenvalue weighted by Gasteiger charge is -2.21. The van der Waals surface area contributed by atoms with Gasteiger partial charge in [-0.1, -0.05) is 18.2 Å². The first-order chi connectivity index (χ1) is 21.5. The van der Waals surface area contributed by atoms with Crippen molar-refractivity contribution in [3.8, 4) is 22.6 Å². The fourth-order valence-corrected chi connectivity index (χ4v) is 6.05. The molecule has 0 radical (unpaired) electrons. The van der Waals surface area contributed by atoms with Crippen molar-refractivity contribution < 1.29 is 17.9 Å². The standard InChI is InChI=1S/C30H26FN9O4S/c1-17-10-11-39-26(17)30(42)40(21-6-4-3-5-7-21)29(37-39)18(2)36-28-25(27(32)34-16-35-28)19-12-20(15-33-14-19)38-45(43,44)24-9-8-22(41)13-23(24)31/h3-16,18,38,41H,1-2H3,(H3,32,34,35,36). The van der Waals surface area contributed by atoms with E-state index in [0.29, 0.717) is 34.2 Å². The number of benzene rings is 2. The number of hydrogen-bond acceptors (Lipinski definition) is 10. The number of aromatic nitrogens is 6. The van der Waals surface area contributed by atoms with Gasteiger partial charge in [-0.2, -0.15) is 5.10 Å². The normalized spacial score (nSPS) is 12.2. The zero-order valence-corrected chi connectivity index (χ0v) is 24.7. The van der Waals surface area contributed by atoms with E-state index >= 15 is 0 Å². The van der Waals surface area contributed by atoms with E-state index in [-0.39, 0.29) is 22.9 Å². The number of nitrogens with zero attached hydrogens (tertiary/aromatic N) is 6. The van der Waals surface area contributed by atoms with Crippen LogP contribution < -0.4 is 21.3 Å². The highest BCUT2D eigenvalue weighted by molar-refractivity contribution is 7.92. The van der Waals surface area contributed by atoms with E-state index in [1.165, 1.54) is 33.9 Å². The summed E-state index contributed by atoms with van der Waals surface area (Å²) in [6.45, 7) is 3.65. The third-order valence-electron chi connectivity index (χ3n) is 7.03. The second-order valence-electron chi connectivity index (χ2n) is 10.2. The molecule has 1 atom stereocenters. The number of pyridine rings is 1. The lowest BCUT2D eigenvalue weighted by atomic mass is 10.1. The lowest BCUT2D eigenvalue weighted by Crippen LogP contribution is -2.29. The van der Waals surface area contributed by atoms with Crippen molar-refractivity contribution in [1.82, 2.24) is 29.1 Å². The second kappa shape index (κ2) is 11.3. The number of nitrogens with two attached hydrogens (primary N) is 1. The highest BCUT2D eigenvalue weighted by Crippen LogP contribution is 2.34. The number of anilines is 3. The SMILES string of the molecule is Cc1ccn2nc(C(C)Nc3ncnc(N)c3-c3cncc(NS(=O)(=O)c4ccc(O)cc4F)c3)n(-c3ccccc3)c(=O)c12. The summed E-state index contributed by atoms with van der Waals surface area (Å²) in [6, 6.07) is 14.5. The predicted octanol–water partition coefficient (Wildman–Crippen LogP) is 4.05. The van der Waals surface area contributed by atoms with Crippen LogP contribution in [0.15, 0.2) is 95.3 Å². The molecule has 0 fully saturated rings. The number of para-hydroxylation sites is 1. The van der Waals surface area contributed by atoms with Crippen LogP contribution in [0.5, 0.6) is 5.75 Å². The molecule has 6 rings (SSSR count). The maximum absolute atomic E-state index is 14.3. The van der Waals surface area contributed by atoms with Gasteiger partial charge in [0.05, 0.1) is 29.2 Å². The van der Waals surface area contributed by atoms with Crippen LogP contribution in [0, 0.1) is 12.7 Å². The van der Waals surface area contributed by atoms with E-state index in [1.807, 2.05) is 43.3 Å². The van der Waals surface area contributed by atoms with Crippen molar-refractivity contribution in [2.24, 2.45) is 0 Å². The van der Waals surface area contributed by atoms with Crippen LogP contribution in [0.3, 0.4) is 0 Å². The molecule has 6 aromatic rings. The van der Waals surface area contributed by atoms with Crippen LogP contribution in [-0.4, -0.2) is 42.7 Å². The van der Waals surface area contributed by atoms with E-state index in [0.717, 1.165) is 17.7 Å². The number of sulfonamides is 1. The van der Waals surface area contributed by atoms with Crippen molar-refractivity contribution in [1.29, 1.82) is 0 Å². The number of rotatable bonds is 8. The molecule has 0 saturated carbocycles. The number of phenolic OH excluding ortho intramolecular Hbond substituents is 1. The predicted molar refractivity (Wildman–Crippen MR) is 166 cm³/mol. The van der Waals surface area contributed by atoms with Crippen LogP contribution in [-0.2, 0) is 10.0 Å². The number of aryl methyl sites for hydroxylation is 1. The molecular weight excluding hydrogens is 601 g/mol. The minimum Gasteiger partial charge on any atom is -0.508 e. The van der Waals surface area contributed by atoms with E-state index in [2.05, 4.69) is 25.0 Å². The molecule has 4 aromatic heterocycles. The Hall–Kier alpha value is -5.83. The van der Waals surface area contributed by atoms with Crippen molar-refractivity contribution in [2.75, 3.05) is 15.8 Å². The van der Waals surface area contributed by atoms with Gasteiger partial charge in [0.15, 0.2) is 5.82 Å². The van der Waals surface area contributed by atoms with Gasteiger partial charge in [0.1, 0.15) is 39.9 Å². The summed E-state index contributed by atoms with van der Waals surface area (Å²) in [5.41, 5.74) is 8.55. The maximum Gasteiger partial charge on any atom is 0.282 e. The Kier molecular flexibility index (Phi) is 7.38. The van der Waals surface area contributed by atoms with Crippen molar-refractivity contribution in [2.45, 2.75) is 24.8 Å². The Bertz CT molecular complexity index is 2240. The molecule has 228 valence electrons. The Morgan fingerprint density at radius 1 is 1.04 bits per heavy atom. The van der Waals surface area contributed by atoms with Crippen LogP contribution in [0.25, 0.3) is 22.3 Å². The molecular formula is C30H26FN9O4S. The van der Waals surface area contributed by atoms with Gasteiger partial charge in [-0.05, 0) is 55.8 Å². The first-order valence-corrected chi connectivity index (χ1v) is 15.0. The van der Waals surface area contributed by atoms with Crippen LogP contribution in [0.4, 0.5) is 21.7 Å². The fraction of sp³-hybridized carbons (Fsp3) is 0.100. The van der Waals surface area contributed by atoms with E-state index in [4.69, 9.17) is 10.8 Å². The first kappa shape index (κ1) is 29.3. The molecule has 13 nitrogen and oxygen atoms in total. The monoisotopic (exact) mass is 627 g/mol. The molecule has 4 heterocycles. The van der Waals surface area contributed by atoms with Crippen molar-refractivity contribution in [3.63, 3.8) is 0 Å². The Labute approximate surface area is 255 Å². The van der Waals surface area contributed by atoms with Gasteiger partial charge in [-0.25, -0.2) is 27.3 Å². The van der Waals surface area contributed by atoms with Crippen molar-refractivity contribution in [3.05, 3.63) is 113 Å². The van der Waals surface area contributed by atoms with Crippen LogP contribution in [0.1, 0.15) is 24.4 Å². The Morgan fingerprint density at radius 2 is 1.82 bits per heavy atom. The molecule has 0 aliphatic rings. The van der Waals surface area contributed by atoms with E-state index in [1.54, 1.807) is 13.1 Å². The highest BCUT2D eigenvalue weighted by atomic mass is 32.2. The lowest BCUT2D eigenvalue weighted by molar-refractivity contribution is 0.466. The van der Waals surface area contributed by atoms with Gasteiger partial charge in [-0.15, -0.1) is 0 Å². The summed E-state index contributed by atoms with van der Waals surface area (Å²) < 4.78 is 45.6. The number of nitrogen functional groups attached to an aromatic ring is 1. The fourth-order valence-electron chi connectivity index (χ4n) is 4.95. The molecule has 5 N–H and O–H groups in total. The van der Waals surface area contributed by atoms with E-state index < -0.39 is 32.5 Å². The smallest absolute Gasteiger partial charge is 0.282 e. The third-order valence-corrected chi connectivity index (χ3v) is 8.44. The molecule has 15 heteroatoms. The molecule has 0 saturated heterocycles. The zero-order chi connectivity index (χ0) is 31.9. The van der Waals surface area contributed by atoms with Gasteiger partial charge in [0, 0.05) is 24.0 Å². The largest absolute Gasteiger partial charge is 0.508 e. The highest BCUT2D eigenvalue weighted by Gasteiger charge is 2.23. The quantitative estimate of drug-likeness (QED) is 0.192. The Morgan fingerprint density at radius 3 is 2.58 bits per heavy atom. The first-order valence-electron chi connectivity index (χ1n) is 13.5. The summed E-state index contributed by atoms with van der Waals surface area (Å²) in [6.07, 6.45) is 5.66. The number of phenols is 1. The number of fused-ring (bicyclic) bond motifs is 1. The minimum atomic E-state index is -4.38. The maximum atomic E-state index is 14.3. The van der Waals surface area contributed by atoms with Crippen LogP contribution >= 0.6 is 0 Å². The summed E-state index contributed by atoms with van der Waals surface area (Å²) in [5.74, 6) is -0.824. The number of nitrogens with one attached hydrogen (secondary N) is 2. The second-order valence-corrected chi connectivity index (χ2v) is 11.8. The topological polar surface area (TPSA) is 182 Å². The molecule has 0 amide bonds.